The van der Waals surface area contributed by atoms with E-state index in [1.165, 1.54) is 24.3 Å². The van der Waals surface area contributed by atoms with Crippen molar-refractivity contribution in [2.24, 2.45) is 0 Å². The lowest BCUT2D eigenvalue weighted by molar-refractivity contribution is -0.122. The van der Waals surface area contributed by atoms with E-state index in [0.717, 1.165) is 5.76 Å². The third-order valence-electron chi connectivity index (χ3n) is 3.27. The van der Waals surface area contributed by atoms with Crippen LogP contribution in [0, 0.1) is 5.82 Å². The Hall–Kier alpha value is -2.14. The zero-order valence-corrected chi connectivity index (χ0v) is 11.8. The Balaban J connectivity index is 1.83. The first-order chi connectivity index (χ1) is 9.97. The van der Waals surface area contributed by atoms with E-state index in [-0.39, 0.29) is 24.7 Å². The van der Waals surface area contributed by atoms with Crippen LogP contribution in [0.25, 0.3) is 0 Å². The second-order valence-electron chi connectivity index (χ2n) is 5.14. The van der Waals surface area contributed by atoms with Gasteiger partial charge < -0.3 is 14.8 Å². The van der Waals surface area contributed by atoms with Crippen molar-refractivity contribution < 1.29 is 18.7 Å². The molecule has 0 aliphatic rings. The summed E-state index contributed by atoms with van der Waals surface area (Å²) in [5.41, 5.74) is -0.691. The van der Waals surface area contributed by atoms with E-state index in [9.17, 15) is 14.3 Å². The largest absolute Gasteiger partial charge is 0.469 e. The number of rotatable bonds is 6. The molecule has 1 aromatic carbocycles. The van der Waals surface area contributed by atoms with Gasteiger partial charge in [0.2, 0.25) is 5.91 Å². The topological polar surface area (TPSA) is 62.5 Å². The van der Waals surface area contributed by atoms with Crippen LogP contribution in [0.4, 0.5) is 4.39 Å². The Morgan fingerprint density at radius 3 is 2.67 bits per heavy atom. The number of aryl methyl sites for hydroxylation is 1. The van der Waals surface area contributed by atoms with Crippen molar-refractivity contribution in [3.63, 3.8) is 0 Å². The summed E-state index contributed by atoms with van der Waals surface area (Å²) >= 11 is 0. The van der Waals surface area contributed by atoms with Crippen LogP contribution in [0.1, 0.15) is 24.7 Å². The van der Waals surface area contributed by atoms with E-state index < -0.39 is 5.60 Å². The molecule has 1 heterocycles. The predicted octanol–water partition coefficient (Wildman–Crippen LogP) is 2.38. The summed E-state index contributed by atoms with van der Waals surface area (Å²) in [6.07, 6.45) is 2.36. The molecule has 5 heteroatoms. The van der Waals surface area contributed by atoms with E-state index in [4.69, 9.17) is 4.42 Å². The molecule has 0 radical (unpaired) electrons. The van der Waals surface area contributed by atoms with Gasteiger partial charge in [0.05, 0.1) is 12.8 Å². The number of furan rings is 1. The second-order valence-corrected chi connectivity index (χ2v) is 5.14. The molecule has 2 N–H and O–H groups in total. The lowest BCUT2D eigenvalue weighted by Crippen LogP contribution is -2.38. The Bertz CT molecular complexity index is 576. The fourth-order valence-corrected chi connectivity index (χ4v) is 1.96. The molecule has 0 fully saturated rings. The number of hydrogen-bond donors (Lipinski definition) is 2. The summed E-state index contributed by atoms with van der Waals surface area (Å²) in [7, 11) is 0. The number of aliphatic hydroxyl groups is 1. The normalized spacial score (nSPS) is 13.7. The first-order valence-electron chi connectivity index (χ1n) is 6.75. The number of carbonyl (C=O) groups excluding carboxylic acids is 1. The van der Waals surface area contributed by atoms with Gasteiger partial charge in [0, 0.05) is 12.8 Å². The molecule has 2 rings (SSSR count). The molecule has 0 saturated heterocycles. The monoisotopic (exact) mass is 291 g/mol. The van der Waals surface area contributed by atoms with Gasteiger partial charge in [-0.2, -0.15) is 0 Å². The van der Waals surface area contributed by atoms with Crippen molar-refractivity contribution in [1.82, 2.24) is 5.32 Å². The number of carbonyl (C=O) groups is 1. The molecular formula is C16H18FNO3. The first kappa shape index (κ1) is 15.3. The molecule has 1 aromatic heterocycles. The van der Waals surface area contributed by atoms with E-state index in [1.54, 1.807) is 19.3 Å². The lowest BCUT2D eigenvalue weighted by atomic mass is 9.96. The fraction of sp³-hybridized carbons (Fsp3) is 0.312. The third kappa shape index (κ3) is 4.43. The van der Waals surface area contributed by atoms with Gasteiger partial charge in [0.15, 0.2) is 0 Å². The summed E-state index contributed by atoms with van der Waals surface area (Å²) in [6.45, 7) is 1.64. The second kappa shape index (κ2) is 6.54. The van der Waals surface area contributed by atoms with Crippen LogP contribution in [0.15, 0.2) is 47.1 Å². The first-order valence-corrected chi connectivity index (χ1v) is 6.75. The van der Waals surface area contributed by atoms with E-state index in [0.29, 0.717) is 12.0 Å². The van der Waals surface area contributed by atoms with Gasteiger partial charge in [-0.25, -0.2) is 4.39 Å². The number of hydrogen-bond acceptors (Lipinski definition) is 3. The molecule has 2 aromatic rings. The highest BCUT2D eigenvalue weighted by Gasteiger charge is 2.23. The highest BCUT2D eigenvalue weighted by molar-refractivity contribution is 5.76. The highest BCUT2D eigenvalue weighted by atomic mass is 19.1. The Morgan fingerprint density at radius 2 is 2.05 bits per heavy atom. The molecule has 21 heavy (non-hydrogen) atoms. The Labute approximate surface area is 122 Å². The molecule has 0 aliphatic carbocycles. The van der Waals surface area contributed by atoms with Crippen LogP contribution in [0.3, 0.4) is 0 Å². The van der Waals surface area contributed by atoms with Crippen molar-refractivity contribution in [3.8, 4) is 0 Å². The van der Waals surface area contributed by atoms with Crippen molar-refractivity contribution in [2.45, 2.75) is 25.4 Å². The Morgan fingerprint density at radius 1 is 1.33 bits per heavy atom. The molecule has 1 amide bonds. The molecule has 0 saturated carbocycles. The van der Waals surface area contributed by atoms with Gasteiger partial charge >= 0.3 is 0 Å². The smallest absolute Gasteiger partial charge is 0.220 e. The maximum atomic E-state index is 12.9. The summed E-state index contributed by atoms with van der Waals surface area (Å²) in [6, 6.07) is 9.15. The van der Waals surface area contributed by atoms with Gasteiger partial charge in [-0.15, -0.1) is 0 Å². The highest BCUT2D eigenvalue weighted by Crippen LogP contribution is 2.19. The van der Waals surface area contributed by atoms with Crippen LogP contribution < -0.4 is 5.32 Å². The minimum absolute atomic E-state index is 0.0651. The minimum atomic E-state index is -1.24. The van der Waals surface area contributed by atoms with E-state index in [1.807, 2.05) is 6.07 Å². The quantitative estimate of drug-likeness (QED) is 0.859. The minimum Gasteiger partial charge on any atom is -0.469 e. The molecule has 1 unspecified atom stereocenters. The summed E-state index contributed by atoms with van der Waals surface area (Å²) in [5, 5.41) is 13.0. The van der Waals surface area contributed by atoms with Crippen molar-refractivity contribution >= 4 is 5.91 Å². The van der Waals surface area contributed by atoms with Crippen LogP contribution >= 0.6 is 0 Å². The van der Waals surface area contributed by atoms with Crippen molar-refractivity contribution in [2.75, 3.05) is 6.54 Å². The molecule has 0 aliphatic heterocycles. The van der Waals surface area contributed by atoms with Crippen LogP contribution in [-0.4, -0.2) is 17.6 Å². The number of halogens is 1. The van der Waals surface area contributed by atoms with E-state index in [2.05, 4.69) is 5.32 Å². The Kier molecular flexibility index (Phi) is 4.75. The lowest BCUT2D eigenvalue weighted by Gasteiger charge is -2.24. The number of nitrogens with one attached hydrogen (secondary N) is 1. The summed E-state index contributed by atoms with van der Waals surface area (Å²) in [5.74, 6) is 0.210. The van der Waals surface area contributed by atoms with Gasteiger partial charge in [-0.05, 0) is 36.8 Å². The van der Waals surface area contributed by atoms with Gasteiger partial charge in [-0.3, -0.25) is 4.79 Å². The number of amides is 1. The standard InChI is InChI=1S/C16H18FNO3/c1-16(20,12-4-6-13(17)7-5-12)11-18-15(19)9-8-14-3-2-10-21-14/h2-7,10,20H,8-9,11H2,1H3,(H,18,19). The zero-order chi connectivity index (χ0) is 15.3. The number of benzene rings is 1. The molecular weight excluding hydrogens is 273 g/mol. The van der Waals surface area contributed by atoms with Gasteiger partial charge in [-0.1, -0.05) is 12.1 Å². The SMILES string of the molecule is CC(O)(CNC(=O)CCc1ccco1)c1ccc(F)cc1. The maximum Gasteiger partial charge on any atom is 0.220 e. The average Bonchev–Trinajstić information content (AvgIpc) is 2.97. The van der Waals surface area contributed by atoms with Crippen molar-refractivity contribution in [1.29, 1.82) is 0 Å². The molecule has 4 nitrogen and oxygen atoms in total. The molecule has 0 bridgehead atoms. The molecule has 112 valence electrons. The molecule has 1 atom stereocenters. The van der Waals surface area contributed by atoms with Crippen LogP contribution in [0.2, 0.25) is 0 Å². The summed E-state index contributed by atoms with van der Waals surface area (Å²) in [4.78, 5) is 11.7. The summed E-state index contributed by atoms with van der Waals surface area (Å²) < 4.78 is 18.0. The van der Waals surface area contributed by atoms with E-state index >= 15 is 0 Å². The van der Waals surface area contributed by atoms with Crippen LogP contribution in [0.5, 0.6) is 0 Å². The van der Waals surface area contributed by atoms with Gasteiger partial charge in [0.25, 0.3) is 0 Å². The fourth-order valence-electron chi connectivity index (χ4n) is 1.96. The van der Waals surface area contributed by atoms with Crippen LogP contribution in [-0.2, 0) is 16.8 Å². The average molecular weight is 291 g/mol. The predicted molar refractivity (Wildman–Crippen MR) is 76.0 cm³/mol. The van der Waals surface area contributed by atoms with Crippen molar-refractivity contribution in [3.05, 3.63) is 59.8 Å². The molecule has 0 spiro atoms. The zero-order valence-electron chi connectivity index (χ0n) is 11.8. The maximum absolute atomic E-state index is 12.9. The van der Waals surface area contributed by atoms with Gasteiger partial charge in [0.1, 0.15) is 17.2 Å². The third-order valence-corrected chi connectivity index (χ3v) is 3.27.